The largest absolute Gasteiger partial charge is 0.459 e. The molecule has 5 nitrogen and oxygen atoms in total. The van der Waals surface area contributed by atoms with Crippen LogP contribution < -0.4 is 5.32 Å². The lowest BCUT2D eigenvalue weighted by molar-refractivity contribution is 0.0882. The van der Waals surface area contributed by atoms with Crippen molar-refractivity contribution in [2.75, 3.05) is 19.6 Å². The molecule has 0 aromatic carbocycles. The highest BCUT2D eigenvalue weighted by atomic mass is 16.3. The average Bonchev–Trinajstić information content (AvgIpc) is 2.87. The van der Waals surface area contributed by atoms with Crippen LogP contribution in [0.25, 0.3) is 0 Å². The van der Waals surface area contributed by atoms with Crippen LogP contribution in [0.15, 0.2) is 16.7 Å². The molecule has 1 saturated heterocycles. The first-order chi connectivity index (χ1) is 9.70. The van der Waals surface area contributed by atoms with Crippen LogP contribution in [0.4, 0.5) is 0 Å². The molecule has 0 unspecified atom stereocenters. The van der Waals surface area contributed by atoms with Crippen molar-refractivity contribution >= 4 is 5.91 Å². The van der Waals surface area contributed by atoms with Crippen LogP contribution in [-0.2, 0) is 0 Å². The molecule has 1 amide bonds. The zero-order chi connectivity index (χ0) is 14.4. The second kappa shape index (κ2) is 7.11. The molecule has 1 aromatic heterocycles. The molecule has 20 heavy (non-hydrogen) atoms. The topological polar surface area (TPSA) is 69.3 Å². The second-order valence-corrected chi connectivity index (χ2v) is 5.28. The number of nitrogens with zero attached hydrogens (tertiary/aromatic N) is 2. The molecule has 1 fully saturated rings. The summed E-state index contributed by atoms with van der Waals surface area (Å²) in [5.74, 6) is 0.303. The van der Waals surface area contributed by atoms with Gasteiger partial charge in [0.15, 0.2) is 5.76 Å². The minimum atomic E-state index is -0.115. The van der Waals surface area contributed by atoms with Crippen LogP contribution in [0.1, 0.15) is 41.8 Å². The van der Waals surface area contributed by atoms with E-state index in [-0.39, 0.29) is 11.9 Å². The van der Waals surface area contributed by atoms with Gasteiger partial charge in [-0.25, -0.2) is 0 Å². The molecule has 1 N–H and O–H groups in total. The van der Waals surface area contributed by atoms with Gasteiger partial charge in [-0.15, -0.1) is 0 Å². The number of nitrogens with one attached hydrogen (secondary N) is 1. The summed E-state index contributed by atoms with van der Waals surface area (Å²) >= 11 is 0. The summed E-state index contributed by atoms with van der Waals surface area (Å²) < 4.78 is 5.20. The maximum Gasteiger partial charge on any atom is 0.287 e. The Morgan fingerprint density at radius 1 is 1.55 bits per heavy atom. The number of hydrogen-bond donors (Lipinski definition) is 1. The van der Waals surface area contributed by atoms with E-state index in [2.05, 4.69) is 16.3 Å². The molecule has 1 aliphatic rings. The summed E-state index contributed by atoms with van der Waals surface area (Å²) in [7, 11) is 0. The van der Waals surface area contributed by atoms with Gasteiger partial charge in [-0.3, -0.25) is 4.79 Å². The van der Waals surface area contributed by atoms with Gasteiger partial charge >= 0.3 is 0 Å². The van der Waals surface area contributed by atoms with Gasteiger partial charge in [-0.2, -0.15) is 5.26 Å². The lowest BCUT2D eigenvalue weighted by atomic mass is 10.0. The predicted molar refractivity (Wildman–Crippen MR) is 75.2 cm³/mol. The van der Waals surface area contributed by atoms with E-state index in [4.69, 9.17) is 9.68 Å². The number of hydrogen-bond acceptors (Lipinski definition) is 4. The van der Waals surface area contributed by atoms with Gasteiger partial charge in [-0.1, -0.05) is 0 Å². The van der Waals surface area contributed by atoms with Gasteiger partial charge < -0.3 is 14.6 Å². The molecular weight excluding hydrogens is 254 g/mol. The van der Waals surface area contributed by atoms with Crippen molar-refractivity contribution in [1.82, 2.24) is 10.2 Å². The highest BCUT2D eigenvalue weighted by Gasteiger charge is 2.22. The number of unbranched alkanes of at least 4 members (excludes halogenated alkanes) is 1. The quantitative estimate of drug-likeness (QED) is 0.835. The average molecular weight is 275 g/mol. The first-order valence-corrected chi connectivity index (χ1v) is 7.15. The third-order valence-electron chi connectivity index (χ3n) is 3.75. The molecule has 0 bridgehead atoms. The number of likely N-dealkylation sites (tertiary alicyclic amines) is 1. The number of rotatable bonds is 5. The van der Waals surface area contributed by atoms with Crippen LogP contribution in [0, 0.1) is 18.3 Å². The molecule has 0 saturated carbocycles. The first kappa shape index (κ1) is 14.6. The first-order valence-electron chi connectivity index (χ1n) is 7.15. The van der Waals surface area contributed by atoms with Gasteiger partial charge in [0, 0.05) is 31.1 Å². The van der Waals surface area contributed by atoms with E-state index >= 15 is 0 Å². The molecule has 0 spiro atoms. The van der Waals surface area contributed by atoms with E-state index in [0.717, 1.165) is 44.5 Å². The Hall–Kier alpha value is -1.80. The van der Waals surface area contributed by atoms with E-state index in [1.54, 1.807) is 12.3 Å². The van der Waals surface area contributed by atoms with Crippen molar-refractivity contribution in [2.45, 2.75) is 38.6 Å². The van der Waals surface area contributed by atoms with Gasteiger partial charge in [0.25, 0.3) is 5.91 Å². The van der Waals surface area contributed by atoms with Gasteiger partial charge in [-0.05, 0) is 38.8 Å². The number of furan rings is 1. The maximum absolute atomic E-state index is 12.0. The van der Waals surface area contributed by atoms with Crippen LogP contribution in [0.2, 0.25) is 0 Å². The van der Waals surface area contributed by atoms with Crippen molar-refractivity contribution < 1.29 is 9.21 Å². The Morgan fingerprint density at radius 3 is 2.90 bits per heavy atom. The normalized spacial score (nSPS) is 16.8. The molecule has 0 radical (unpaired) electrons. The molecule has 0 atom stereocenters. The summed E-state index contributed by atoms with van der Waals surface area (Å²) in [4.78, 5) is 14.4. The zero-order valence-electron chi connectivity index (χ0n) is 11.9. The lowest BCUT2D eigenvalue weighted by Gasteiger charge is -2.32. The molecule has 2 rings (SSSR count). The number of aryl methyl sites for hydroxylation is 1. The van der Waals surface area contributed by atoms with Crippen LogP contribution >= 0.6 is 0 Å². The second-order valence-electron chi connectivity index (χ2n) is 5.28. The minimum Gasteiger partial charge on any atom is -0.459 e. The van der Waals surface area contributed by atoms with Crippen molar-refractivity contribution in [3.05, 3.63) is 23.7 Å². The smallest absolute Gasteiger partial charge is 0.287 e. The standard InChI is InChI=1S/C15H21N3O2/c1-12-6-11-20-14(12)15(19)17-13-4-9-18(10-5-13)8-3-2-7-16/h6,11,13H,2-5,8-10H2,1H3,(H,17,19). The molecule has 108 valence electrons. The third-order valence-corrected chi connectivity index (χ3v) is 3.75. The Balaban J connectivity index is 1.73. The Morgan fingerprint density at radius 2 is 2.30 bits per heavy atom. The zero-order valence-corrected chi connectivity index (χ0v) is 11.9. The molecule has 1 aliphatic heterocycles. The Bertz CT molecular complexity index is 482. The molecule has 2 heterocycles. The highest BCUT2D eigenvalue weighted by molar-refractivity contribution is 5.92. The molecule has 5 heteroatoms. The highest BCUT2D eigenvalue weighted by Crippen LogP contribution is 2.13. The van der Waals surface area contributed by atoms with Crippen LogP contribution in [-0.4, -0.2) is 36.5 Å². The summed E-state index contributed by atoms with van der Waals surface area (Å²) in [5, 5.41) is 11.6. The number of amides is 1. The SMILES string of the molecule is Cc1ccoc1C(=O)NC1CCN(CCCC#N)CC1. The molecule has 1 aromatic rings. The monoisotopic (exact) mass is 275 g/mol. The van der Waals surface area contributed by atoms with Crippen molar-refractivity contribution in [3.8, 4) is 6.07 Å². The summed E-state index contributed by atoms with van der Waals surface area (Å²) in [5.41, 5.74) is 0.872. The minimum absolute atomic E-state index is 0.115. The number of piperidine rings is 1. The van der Waals surface area contributed by atoms with Crippen molar-refractivity contribution in [1.29, 1.82) is 5.26 Å². The van der Waals surface area contributed by atoms with E-state index in [9.17, 15) is 4.79 Å². The van der Waals surface area contributed by atoms with E-state index in [1.807, 2.05) is 6.92 Å². The fourth-order valence-corrected chi connectivity index (χ4v) is 2.54. The predicted octanol–water partition coefficient (Wildman–Crippen LogP) is 2.09. The van der Waals surface area contributed by atoms with E-state index < -0.39 is 0 Å². The fourth-order valence-electron chi connectivity index (χ4n) is 2.54. The van der Waals surface area contributed by atoms with Crippen molar-refractivity contribution in [2.24, 2.45) is 0 Å². The summed E-state index contributed by atoms with van der Waals surface area (Å²) in [6, 6.07) is 4.19. The van der Waals surface area contributed by atoms with Gasteiger partial charge in [0.2, 0.25) is 0 Å². The number of nitriles is 1. The van der Waals surface area contributed by atoms with Gasteiger partial charge in [0.05, 0.1) is 12.3 Å². The molecule has 0 aliphatic carbocycles. The van der Waals surface area contributed by atoms with Crippen LogP contribution in [0.3, 0.4) is 0 Å². The Kier molecular flexibility index (Phi) is 5.19. The summed E-state index contributed by atoms with van der Waals surface area (Å²) in [6.07, 6.45) is 5.01. The number of carbonyl (C=O) groups is 1. The van der Waals surface area contributed by atoms with Gasteiger partial charge in [0.1, 0.15) is 0 Å². The fraction of sp³-hybridized carbons (Fsp3) is 0.600. The maximum atomic E-state index is 12.0. The molecular formula is C15H21N3O2. The lowest BCUT2D eigenvalue weighted by Crippen LogP contribution is -2.44. The third kappa shape index (κ3) is 3.84. The Labute approximate surface area is 119 Å². The van der Waals surface area contributed by atoms with Crippen LogP contribution in [0.5, 0.6) is 0 Å². The summed E-state index contributed by atoms with van der Waals surface area (Å²) in [6.45, 7) is 4.81. The van der Waals surface area contributed by atoms with Crippen molar-refractivity contribution in [3.63, 3.8) is 0 Å². The van der Waals surface area contributed by atoms with E-state index in [0.29, 0.717) is 12.2 Å². The number of carbonyl (C=O) groups excluding carboxylic acids is 1. The van der Waals surface area contributed by atoms with E-state index in [1.165, 1.54) is 0 Å².